The van der Waals surface area contributed by atoms with E-state index in [2.05, 4.69) is 90.3 Å². The summed E-state index contributed by atoms with van der Waals surface area (Å²) in [6.45, 7) is 5.27. The van der Waals surface area contributed by atoms with Gasteiger partial charge in [-0.1, -0.05) is 46.3 Å². The van der Waals surface area contributed by atoms with Crippen molar-refractivity contribution in [3.05, 3.63) is 59.7 Å². The Morgan fingerprint density at radius 1 is 1.13 bits per heavy atom. The van der Waals surface area contributed by atoms with Crippen LogP contribution in [0, 0.1) is 0 Å². The number of fused-ring (bicyclic) bond motifs is 1. The van der Waals surface area contributed by atoms with Crippen LogP contribution in [0.15, 0.2) is 48.5 Å². The Kier molecular flexibility index (Phi) is 4.67. The first kappa shape index (κ1) is 16.4. The molecule has 0 aliphatic carbocycles. The van der Waals surface area contributed by atoms with E-state index in [1.807, 2.05) is 0 Å². The number of rotatable bonds is 4. The van der Waals surface area contributed by atoms with Gasteiger partial charge in [-0.15, -0.1) is 0 Å². The average Bonchev–Trinajstić information content (AvgIpc) is 2.56. The van der Waals surface area contributed by atoms with Crippen molar-refractivity contribution < 1.29 is 4.74 Å². The van der Waals surface area contributed by atoms with E-state index in [1.165, 1.54) is 16.8 Å². The first-order valence-corrected chi connectivity index (χ1v) is 9.27. The van der Waals surface area contributed by atoms with Gasteiger partial charge in [0.25, 0.3) is 0 Å². The fourth-order valence-electron chi connectivity index (χ4n) is 3.19. The third-order valence-corrected chi connectivity index (χ3v) is 5.83. The van der Waals surface area contributed by atoms with Gasteiger partial charge in [-0.25, -0.2) is 0 Å². The number of hydrogen-bond donors (Lipinski definition) is 0. The summed E-state index contributed by atoms with van der Waals surface area (Å²) in [5.41, 5.74) is 3.96. The second kappa shape index (κ2) is 6.56. The Labute approximate surface area is 147 Å². The molecule has 1 unspecified atom stereocenters. The Bertz CT molecular complexity index is 666. The summed E-state index contributed by atoms with van der Waals surface area (Å²) in [4.78, 5) is 2.35. The van der Waals surface area contributed by atoms with Crippen molar-refractivity contribution in [2.75, 3.05) is 23.8 Å². The number of ether oxygens (including phenoxy) is 1. The van der Waals surface area contributed by atoms with Crippen molar-refractivity contribution in [2.24, 2.45) is 0 Å². The Morgan fingerprint density at radius 2 is 1.83 bits per heavy atom. The van der Waals surface area contributed by atoms with E-state index in [1.54, 1.807) is 0 Å². The summed E-state index contributed by atoms with van der Waals surface area (Å²) in [7, 11) is 2.17. The molecule has 0 N–H and O–H groups in total. The van der Waals surface area contributed by atoms with E-state index in [4.69, 9.17) is 4.74 Å². The zero-order valence-electron chi connectivity index (χ0n) is 14.1. The van der Waals surface area contributed by atoms with Crippen LogP contribution in [-0.4, -0.2) is 24.5 Å². The first-order chi connectivity index (χ1) is 11.0. The number of para-hydroxylation sites is 1. The summed E-state index contributed by atoms with van der Waals surface area (Å²) >= 11 is 3.50. The molecule has 2 aromatic carbocycles. The largest absolute Gasteiger partial charge is 0.487 e. The Hall–Kier alpha value is -1.48. The van der Waals surface area contributed by atoms with E-state index >= 15 is 0 Å². The molecule has 2 aromatic rings. The van der Waals surface area contributed by atoms with Crippen LogP contribution < -0.4 is 9.64 Å². The maximum absolute atomic E-state index is 6.02. The van der Waals surface area contributed by atoms with Crippen molar-refractivity contribution in [3.8, 4) is 5.75 Å². The number of nitrogens with zero attached hydrogens (tertiary/aromatic N) is 1. The third kappa shape index (κ3) is 3.55. The zero-order chi connectivity index (χ0) is 16.4. The smallest absolute Gasteiger partial charge is 0.120 e. The van der Waals surface area contributed by atoms with Crippen LogP contribution in [0.25, 0.3) is 0 Å². The number of anilines is 1. The minimum absolute atomic E-state index is 0.193. The van der Waals surface area contributed by atoms with E-state index in [-0.39, 0.29) is 5.60 Å². The molecule has 23 heavy (non-hydrogen) atoms. The topological polar surface area (TPSA) is 12.5 Å². The standard InChI is InChI=1S/C20H24BrNO/c1-20(2,14-21)23-16-10-8-15(9-11-16)17-12-13-22(3)19-7-5-4-6-18(17)19/h4-11,17H,12-14H2,1-3H3. The fourth-order valence-corrected chi connectivity index (χ4v) is 3.30. The van der Waals surface area contributed by atoms with Gasteiger partial charge in [-0.05, 0) is 49.6 Å². The van der Waals surface area contributed by atoms with Crippen molar-refractivity contribution in [2.45, 2.75) is 31.8 Å². The van der Waals surface area contributed by atoms with Crippen molar-refractivity contribution in [1.82, 2.24) is 0 Å². The van der Waals surface area contributed by atoms with E-state index in [9.17, 15) is 0 Å². The van der Waals surface area contributed by atoms with Gasteiger partial charge >= 0.3 is 0 Å². The van der Waals surface area contributed by atoms with Gasteiger partial charge in [-0.2, -0.15) is 0 Å². The second-order valence-corrected chi connectivity index (χ2v) is 7.45. The van der Waals surface area contributed by atoms with Gasteiger partial charge in [0.05, 0.1) is 0 Å². The van der Waals surface area contributed by atoms with Crippen molar-refractivity contribution in [3.63, 3.8) is 0 Å². The van der Waals surface area contributed by atoms with Crippen LogP contribution in [0.5, 0.6) is 5.75 Å². The number of hydrogen-bond acceptors (Lipinski definition) is 2. The Balaban J connectivity index is 1.85. The average molecular weight is 374 g/mol. The van der Waals surface area contributed by atoms with Gasteiger partial charge in [0.1, 0.15) is 11.4 Å². The molecule has 0 saturated heterocycles. The molecule has 3 rings (SSSR count). The van der Waals surface area contributed by atoms with E-state index in [0.717, 1.165) is 24.0 Å². The summed E-state index contributed by atoms with van der Waals surface area (Å²) in [5, 5.41) is 0.810. The van der Waals surface area contributed by atoms with Gasteiger partial charge in [0, 0.05) is 30.5 Å². The molecule has 1 aliphatic rings. The SMILES string of the molecule is CN1CCC(c2ccc(OC(C)(C)CBr)cc2)c2ccccc21. The lowest BCUT2D eigenvalue weighted by atomic mass is 9.84. The molecular weight excluding hydrogens is 350 g/mol. The predicted octanol–water partition coefficient (Wildman–Crippen LogP) is 5.21. The molecule has 0 aromatic heterocycles. The second-order valence-electron chi connectivity index (χ2n) is 6.89. The van der Waals surface area contributed by atoms with Gasteiger partial charge < -0.3 is 9.64 Å². The van der Waals surface area contributed by atoms with Crippen LogP contribution in [0.3, 0.4) is 0 Å². The molecule has 1 atom stereocenters. The Morgan fingerprint density at radius 3 is 2.52 bits per heavy atom. The van der Waals surface area contributed by atoms with Gasteiger partial charge in [0.15, 0.2) is 0 Å². The minimum atomic E-state index is -0.193. The third-order valence-electron chi connectivity index (χ3n) is 4.48. The summed E-state index contributed by atoms with van der Waals surface area (Å²) in [5.74, 6) is 1.40. The van der Waals surface area contributed by atoms with Gasteiger partial charge in [0.2, 0.25) is 0 Å². The number of alkyl halides is 1. The maximum Gasteiger partial charge on any atom is 0.120 e. The van der Waals surface area contributed by atoms with Crippen molar-refractivity contribution in [1.29, 1.82) is 0 Å². The fraction of sp³-hybridized carbons (Fsp3) is 0.400. The molecule has 122 valence electrons. The first-order valence-electron chi connectivity index (χ1n) is 8.15. The molecule has 0 bridgehead atoms. The van der Waals surface area contributed by atoms with E-state index < -0.39 is 0 Å². The lowest BCUT2D eigenvalue weighted by Crippen LogP contribution is -2.30. The van der Waals surface area contributed by atoms with Crippen LogP contribution in [0.4, 0.5) is 5.69 Å². The van der Waals surface area contributed by atoms with Gasteiger partial charge in [-0.3, -0.25) is 0 Å². The lowest BCUT2D eigenvalue weighted by Gasteiger charge is -2.33. The zero-order valence-corrected chi connectivity index (χ0v) is 15.6. The summed E-state index contributed by atoms with van der Waals surface area (Å²) in [6, 6.07) is 17.4. The predicted molar refractivity (Wildman–Crippen MR) is 101 cm³/mol. The molecule has 0 fully saturated rings. The van der Waals surface area contributed by atoms with Crippen LogP contribution in [0.1, 0.15) is 37.3 Å². The molecule has 0 saturated carbocycles. The molecule has 0 amide bonds. The molecule has 2 nitrogen and oxygen atoms in total. The summed E-state index contributed by atoms with van der Waals surface area (Å²) in [6.07, 6.45) is 1.15. The quantitative estimate of drug-likeness (QED) is 0.681. The van der Waals surface area contributed by atoms with Crippen LogP contribution in [-0.2, 0) is 0 Å². The highest BCUT2D eigenvalue weighted by atomic mass is 79.9. The maximum atomic E-state index is 6.02. The van der Waals surface area contributed by atoms with Crippen LogP contribution >= 0.6 is 15.9 Å². The number of benzene rings is 2. The van der Waals surface area contributed by atoms with Crippen LogP contribution in [0.2, 0.25) is 0 Å². The normalized spacial score (nSPS) is 17.7. The van der Waals surface area contributed by atoms with Crippen molar-refractivity contribution >= 4 is 21.6 Å². The molecule has 0 spiro atoms. The van der Waals surface area contributed by atoms with E-state index in [0.29, 0.717) is 5.92 Å². The summed E-state index contributed by atoms with van der Waals surface area (Å²) < 4.78 is 6.02. The lowest BCUT2D eigenvalue weighted by molar-refractivity contribution is 0.137. The molecule has 1 aliphatic heterocycles. The molecule has 1 heterocycles. The number of halogens is 1. The highest BCUT2D eigenvalue weighted by Gasteiger charge is 2.24. The molecule has 3 heteroatoms. The molecule has 0 radical (unpaired) electrons. The highest BCUT2D eigenvalue weighted by molar-refractivity contribution is 9.09. The highest BCUT2D eigenvalue weighted by Crippen LogP contribution is 2.39. The minimum Gasteiger partial charge on any atom is -0.487 e. The monoisotopic (exact) mass is 373 g/mol. The molecular formula is C20H24BrNO.